The average molecular weight is 485 g/mol. The molecule has 1 N–H and O–H groups in total. The molecule has 2 heterocycles. The molecule has 0 saturated carbocycles. The summed E-state index contributed by atoms with van der Waals surface area (Å²) < 4.78 is 39.6. The molecule has 0 aliphatic carbocycles. The molecule has 34 heavy (non-hydrogen) atoms. The van der Waals surface area contributed by atoms with Gasteiger partial charge in [0.2, 0.25) is 15.9 Å². The van der Waals surface area contributed by atoms with Gasteiger partial charge >= 0.3 is 0 Å². The van der Waals surface area contributed by atoms with E-state index in [1.807, 2.05) is 30.5 Å². The Morgan fingerprint density at radius 1 is 1.09 bits per heavy atom. The number of rotatable bonds is 10. The van der Waals surface area contributed by atoms with E-state index in [1.165, 1.54) is 4.31 Å². The Labute approximate surface area is 199 Å². The van der Waals surface area contributed by atoms with E-state index in [0.717, 1.165) is 5.56 Å². The lowest BCUT2D eigenvalue weighted by Gasteiger charge is -2.26. The van der Waals surface area contributed by atoms with E-state index in [9.17, 15) is 13.2 Å². The summed E-state index contributed by atoms with van der Waals surface area (Å²) in [6, 6.07) is 15.8. The van der Waals surface area contributed by atoms with Gasteiger partial charge in [-0.1, -0.05) is 18.2 Å². The monoisotopic (exact) mass is 484 g/mol. The molecule has 0 atom stereocenters. The van der Waals surface area contributed by atoms with Gasteiger partial charge in [0.05, 0.1) is 24.7 Å². The minimum atomic E-state index is -3.52. The van der Waals surface area contributed by atoms with Gasteiger partial charge in [-0.05, 0) is 42.3 Å². The third-order valence-electron chi connectivity index (χ3n) is 5.44. The molecule has 10 heteroatoms. The van der Waals surface area contributed by atoms with Crippen LogP contribution in [0, 0.1) is 0 Å². The first-order chi connectivity index (χ1) is 16.5. The zero-order chi connectivity index (χ0) is 23.8. The number of anilines is 1. The lowest BCUT2D eigenvalue weighted by atomic mass is 10.1. The smallest absolute Gasteiger partial charge is 0.243 e. The molecule has 1 aromatic heterocycles. The Hall–Kier alpha value is -3.21. The second-order valence-electron chi connectivity index (χ2n) is 7.85. The number of hydrogen-bond donors (Lipinski definition) is 1. The highest BCUT2D eigenvalue weighted by atomic mass is 32.2. The van der Waals surface area contributed by atoms with Gasteiger partial charge in [0.25, 0.3) is 0 Å². The summed E-state index contributed by atoms with van der Waals surface area (Å²) in [5.74, 6) is 0.542. The predicted octanol–water partition coefficient (Wildman–Crippen LogP) is 2.55. The number of nitrogens with one attached hydrogen (secondary N) is 1. The van der Waals surface area contributed by atoms with E-state index in [4.69, 9.17) is 9.47 Å². The lowest BCUT2D eigenvalue weighted by molar-refractivity contribution is -0.116. The van der Waals surface area contributed by atoms with Crippen LogP contribution in [0.4, 0.5) is 5.69 Å². The molecule has 1 fully saturated rings. The highest BCUT2D eigenvalue weighted by Gasteiger charge is 2.26. The van der Waals surface area contributed by atoms with Crippen LogP contribution in [0.25, 0.3) is 0 Å². The molecule has 1 saturated heterocycles. The van der Waals surface area contributed by atoms with Crippen LogP contribution in [0.3, 0.4) is 0 Å². The normalized spacial score (nSPS) is 14.6. The highest BCUT2D eigenvalue weighted by molar-refractivity contribution is 7.89. The maximum atomic E-state index is 12.7. The van der Waals surface area contributed by atoms with Crippen molar-refractivity contribution in [2.75, 3.05) is 38.2 Å². The Balaban J connectivity index is 1.25. The molecule has 1 aliphatic rings. The van der Waals surface area contributed by atoms with Crippen LogP contribution < -0.4 is 10.1 Å². The number of hydrogen-bond acceptors (Lipinski definition) is 6. The molecule has 4 rings (SSSR count). The molecule has 3 aromatic rings. The quantitative estimate of drug-likeness (QED) is 0.475. The van der Waals surface area contributed by atoms with Crippen molar-refractivity contribution in [3.8, 4) is 5.75 Å². The molecular formula is C24H28N4O5S. The van der Waals surface area contributed by atoms with Gasteiger partial charge in [0.1, 0.15) is 12.4 Å². The number of aryl methyl sites for hydroxylation is 1. The summed E-state index contributed by atoms with van der Waals surface area (Å²) in [5, 5.41) is 7.02. The van der Waals surface area contributed by atoms with Crippen LogP contribution in [-0.4, -0.2) is 61.3 Å². The van der Waals surface area contributed by atoms with Gasteiger partial charge in [-0.25, -0.2) is 8.42 Å². The van der Waals surface area contributed by atoms with Gasteiger partial charge in [-0.15, -0.1) is 0 Å². The van der Waals surface area contributed by atoms with E-state index in [2.05, 4.69) is 10.4 Å². The van der Waals surface area contributed by atoms with Gasteiger partial charge in [0, 0.05) is 43.7 Å². The van der Waals surface area contributed by atoms with E-state index >= 15 is 0 Å². The fourth-order valence-corrected chi connectivity index (χ4v) is 5.01. The SMILES string of the molecule is O=C(CCc1ccc(S(=O)(=O)N2CCOCC2)cc1)Nc1cccc(OCCn2cccn2)c1. The molecular weight excluding hydrogens is 456 g/mol. The number of aromatic nitrogens is 2. The standard InChI is InChI=1S/C24H28N4O5S/c29-24(26-21-3-1-4-22(19-21)33-18-13-27-12-2-11-25-27)10-7-20-5-8-23(9-6-20)34(30,31)28-14-16-32-17-15-28/h1-6,8-9,11-12,19H,7,10,13-18H2,(H,26,29). The first-order valence-corrected chi connectivity index (χ1v) is 12.6. The maximum absolute atomic E-state index is 12.7. The van der Waals surface area contributed by atoms with E-state index in [-0.39, 0.29) is 17.2 Å². The first kappa shape index (κ1) is 23.9. The minimum absolute atomic E-state index is 0.126. The molecule has 9 nitrogen and oxygen atoms in total. The second kappa shape index (κ2) is 11.3. The summed E-state index contributed by atoms with van der Waals surface area (Å²) in [4.78, 5) is 12.7. The number of benzene rings is 2. The second-order valence-corrected chi connectivity index (χ2v) is 9.79. The molecule has 180 valence electrons. The fraction of sp³-hybridized carbons (Fsp3) is 0.333. The topological polar surface area (TPSA) is 103 Å². The van der Waals surface area contributed by atoms with Crippen molar-refractivity contribution in [1.29, 1.82) is 0 Å². The van der Waals surface area contributed by atoms with Crippen molar-refractivity contribution in [2.45, 2.75) is 24.3 Å². The van der Waals surface area contributed by atoms with E-state index in [1.54, 1.807) is 41.2 Å². The molecule has 1 aliphatic heterocycles. The van der Waals surface area contributed by atoms with Gasteiger partial charge < -0.3 is 14.8 Å². The van der Waals surface area contributed by atoms with Crippen LogP contribution in [0.5, 0.6) is 5.75 Å². The van der Waals surface area contributed by atoms with Gasteiger partial charge in [-0.3, -0.25) is 9.48 Å². The maximum Gasteiger partial charge on any atom is 0.243 e. The largest absolute Gasteiger partial charge is 0.492 e. The van der Waals surface area contributed by atoms with Crippen molar-refractivity contribution in [3.63, 3.8) is 0 Å². The zero-order valence-corrected chi connectivity index (χ0v) is 19.6. The Kier molecular flexibility index (Phi) is 7.94. The van der Waals surface area contributed by atoms with Crippen LogP contribution in [0.2, 0.25) is 0 Å². The number of carbonyl (C=O) groups is 1. The number of morpholine rings is 1. The summed E-state index contributed by atoms with van der Waals surface area (Å²) in [6.45, 7) is 2.65. The predicted molar refractivity (Wildman–Crippen MR) is 127 cm³/mol. The number of amides is 1. The molecule has 1 amide bonds. The average Bonchev–Trinajstić information content (AvgIpc) is 3.37. The van der Waals surface area contributed by atoms with Crippen molar-refractivity contribution in [2.24, 2.45) is 0 Å². The third-order valence-corrected chi connectivity index (χ3v) is 7.35. The summed E-state index contributed by atoms with van der Waals surface area (Å²) >= 11 is 0. The number of nitrogens with zero attached hydrogens (tertiary/aromatic N) is 3. The van der Waals surface area contributed by atoms with E-state index in [0.29, 0.717) is 57.3 Å². The minimum Gasteiger partial charge on any atom is -0.492 e. The first-order valence-electron chi connectivity index (χ1n) is 11.2. The number of ether oxygens (including phenoxy) is 2. The molecule has 0 spiro atoms. The molecule has 2 aromatic carbocycles. The van der Waals surface area contributed by atoms with Gasteiger partial charge in [-0.2, -0.15) is 9.40 Å². The van der Waals surface area contributed by atoms with Crippen molar-refractivity contribution in [1.82, 2.24) is 14.1 Å². The van der Waals surface area contributed by atoms with Crippen LogP contribution in [0.15, 0.2) is 71.9 Å². The Morgan fingerprint density at radius 3 is 2.62 bits per heavy atom. The number of sulfonamides is 1. The fourth-order valence-electron chi connectivity index (χ4n) is 3.60. The summed E-state index contributed by atoms with van der Waals surface area (Å²) in [5.41, 5.74) is 1.56. The molecule has 0 unspecified atom stereocenters. The van der Waals surface area contributed by atoms with Crippen molar-refractivity contribution < 1.29 is 22.7 Å². The van der Waals surface area contributed by atoms with Crippen molar-refractivity contribution >= 4 is 21.6 Å². The Bertz CT molecular complexity index is 1170. The third kappa shape index (κ3) is 6.43. The van der Waals surface area contributed by atoms with Gasteiger partial charge in [0.15, 0.2) is 0 Å². The van der Waals surface area contributed by atoms with Crippen molar-refractivity contribution in [3.05, 3.63) is 72.6 Å². The van der Waals surface area contributed by atoms with Crippen LogP contribution >= 0.6 is 0 Å². The lowest BCUT2D eigenvalue weighted by Crippen LogP contribution is -2.40. The van der Waals surface area contributed by atoms with Crippen LogP contribution in [-0.2, 0) is 32.5 Å². The van der Waals surface area contributed by atoms with E-state index < -0.39 is 10.0 Å². The molecule has 0 bridgehead atoms. The zero-order valence-electron chi connectivity index (χ0n) is 18.8. The summed E-state index contributed by atoms with van der Waals surface area (Å²) in [7, 11) is -3.52. The highest BCUT2D eigenvalue weighted by Crippen LogP contribution is 2.20. The van der Waals surface area contributed by atoms with Crippen LogP contribution in [0.1, 0.15) is 12.0 Å². The molecule has 0 radical (unpaired) electrons. The summed E-state index contributed by atoms with van der Waals surface area (Å²) in [6.07, 6.45) is 4.37. The number of carbonyl (C=O) groups excluding carboxylic acids is 1. The Morgan fingerprint density at radius 2 is 1.88 bits per heavy atom.